The second kappa shape index (κ2) is 9.14. The molecule has 0 heterocycles. The minimum absolute atomic E-state index is 0.521. The summed E-state index contributed by atoms with van der Waals surface area (Å²) in [7, 11) is 0. The second-order valence-electron chi connectivity index (χ2n) is 6.40. The molecule has 0 saturated heterocycles. The van der Waals surface area contributed by atoms with Crippen LogP contribution >= 0.6 is 11.8 Å². The molecule has 2 aromatic rings. The highest BCUT2D eigenvalue weighted by atomic mass is 32.2. The molecule has 1 nitrogen and oxygen atoms in total. The molecule has 1 N–H and O–H groups in total. The first-order valence-electron chi connectivity index (χ1n) is 8.89. The fourth-order valence-electron chi connectivity index (χ4n) is 3.58. The van der Waals surface area contributed by atoms with E-state index in [9.17, 15) is 0 Å². The Morgan fingerprint density at radius 2 is 1.52 bits per heavy atom. The number of thioether (sulfide) groups is 1. The third-order valence-corrected chi connectivity index (χ3v) is 5.77. The van der Waals surface area contributed by atoms with E-state index in [4.69, 9.17) is 0 Å². The normalized spacial score (nSPS) is 17.0. The van der Waals surface area contributed by atoms with Crippen molar-refractivity contribution in [1.82, 2.24) is 5.32 Å². The van der Waals surface area contributed by atoms with Crippen LogP contribution in [0.1, 0.15) is 43.7 Å². The van der Waals surface area contributed by atoms with E-state index in [1.807, 2.05) is 11.8 Å². The van der Waals surface area contributed by atoms with Crippen molar-refractivity contribution < 1.29 is 0 Å². The predicted octanol–water partition coefficient (Wildman–Crippen LogP) is 5.69. The Labute approximate surface area is 144 Å². The molecular formula is C21H27NS. The van der Waals surface area contributed by atoms with Gasteiger partial charge in [0.1, 0.15) is 0 Å². The first-order valence-corrected chi connectivity index (χ1v) is 9.88. The fourth-order valence-corrected chi connectivity index (χ4v) is 4.39. The molecule has 1 aliphatic carbocycles. The minimum atomic E-state index is 0.521. The summed E-state index contributed by atoms with van der Waals surface area (Å²) >= 11 is 1.94. The van der Waals surface area contributed by atoms with Crippen molar-refractivity contribution in [2.24, 2.45) is 5.92 Å². The number of hydrogen-bond acceptors (Lipinski definition) is 2. The van der Waals surface area contributed by atoms with Crippen LogP contribution in [0.15, 0.2) is 65.6 Å². The van der Waals surface area contributed by atoms with E-state index in [-0.39, 0.29) is 0 Å². The summed E-state index contributed by atoms with van der Waals surface area (Å²) in [6.07, 6.45) is 6.96. The van der Waals surface area contributed by atoms with Crippen LogP contribution in [0.3, 0.4) is 0 Å². The van der Waals surface area contributed by atoms with Crippen LogP contribution in [0, 0.1) is 5.92 Å². The van der Waals surface area contributed by atoms with Crippen molar-refractivity contribution >= 4 is 11.8 Å². The highest BCUT2D eigenvalue weighted by Crippen LogP contribution is 2.34. The lowest BCUT2D eigenvalue weighted by Crippen LogP contribution is -2.31. The molecule has 0 spiro atoms. The van der Waals surface area contributed by atoms with Crippen LogP contribution in [0.5, 0.6) is 0 Å². The van der Waals surface area contributed by atoms with E-state index in [0.717, 1.165) is 18.2 Å². The number of nitrogens with one attached hydrogen (secondary N) is 1. The van der Waals surface area contributed by atoms with Crippen LogP contribution in [0.4, 0.5) is 0 Å². The average molecular weight is 326 g/mol. The van der Waals surface area contributed by atoms with E-state index in [2.05, 4.69) is 66.0 Å². The molecule has 1 unspecified atom stereocenters. The van der Waals surface area contributed by atoms with Gasteiger partial charge < -0.3 is 5.32 Å². The molecular weight excluding hydrogens is 298 g/mol. The zero-order valence-corrected chi connectivity index (χ0v) is 14.6. The Morgan fingerprint density at radius 3 is 2.22 bits per heavy atom. The molecule has 1 aliphatic rings. The summed E-state index contributed by atoms with van der Waals surface area (Å²) in [5, 5.41) is 3.86. The lowest BCUT2D eigenvalue weighted by atomic mass is 9.81. The SMILES string of the molecule is c1ccc(SCCNC(c2ccccc2)C2CCCCC2)cc1. The highest BCUT2D eigenvalue weighted by Gasteiger charge is 2.24. The van der Waals surface area contributed by atoms with Gasteiger partial charge in [-0.2, -0.15) is 0 Å². The number of rotatable bonds is 7. The van der Waals surface area contributed by atoms with Gasteiger partial charge >= 0.3 is 0 Å². The van der Waals surface area contributed by atoms with Gasteiger partial charge in [-0.1, -0.05) is 67.8 Å². The van der Waals surface area contributed by atoms with Crippen LogP contribution in [0.2, 0.25) is 0 Å². The topological polar surface area (TPSA) is 12.0 Å². The van der Waals surface area contributed by atoms with Crippen LogP contribution in [0.25, 0.3) is 0 Å². The molecule has 1 saturated carbocycles. The fraction of sp³-hybridized carbons (Fsp3) is 0.429. The van der Waals surface area contributed by atoms with Gasteiger partial charge in [-0.05, 0) is 36.5 Å². The van der Waals surface area contributed by atoms with E-state index >= 15 is 0 Å². The molecule has 2 aromatic carbocycles. The Kier molecular flexibility index (Phi) is 6.60. The van der Waals surface area contributed by atoms with Crippen molar-refractivity contribution in [3.05, 3.63) is 66.2 Å². The quantitative estimate of drug-likeness (QED) is 0.518. The standard InChI is InChI=1S/C21H27NS/c1-4-10-18(11-5-1)21(19-12-6-2-7-13-19)22-16-17-23-20-14-8-3-9-15-20/h1,3-5,8-11,14-15,19,21-22H,2,6-7,12-13,16-17H2. The van der Waals surface area contributed by atoms with E-state index in [0.29, 0.717) is 6.04 Å². The minimum Gasteiger partial charge on any atom is -0.309 e. The zero-order chi connectivity index (χ0) is 15.7. The van der Waals surface area contributed by atoms with Crippen molar-refractivity contribution in [3.63, 3.8) is 0 Å². The van der Waals surface area contributed by atoms with Gasteiger partial charge in [-0.3, -0.25) is 0 Å². The molecule has 122 valence electrons. The molecule has 3 rings (SSSR count). The number of hydrogen-bond donors (Lipinski definition) is 1. The van der Waals surface area contributed by atoms with Crippen LogP contribution in [-0.4, -0.2) is 12.3 Å². The maximum atomic E-state index is 3.86. The van der Waals surface area contributed by atoms with E-state index in [1.165, 1.54) is 42.6 Å². The molecule has 2 heteroatoms. The van der Waals surface area contributed by atoms with Crippen molar-refractivity contribution in [2.45, 2.75) is 43.0 Å². The first kappa shape index (κ1) is 16.6. The van der Waals surface area contributed by atoms with Crippen molar-refractivity contribution in [3.8, 4) is 0 Å². The average Bonchev–Trinajstić information content (AvgIpc) is 2.64. The highest BCUT2D eigenvalue weighted by molar-refractivity contribution is 7.99. The van der Waals surface area contributed by atoms with Crippen LogP contribution < -0.4 is 5.32 Å². The molecule has 1 fully saturated rings. The van der Waals surface area contributed by atoms with E-state index in [1.54, 1.807) is 0 Å². The monoisotopic (exact) mass is 325 g/mol. The zero-order valence-electron chi connectivity index (χ0n) is 13.8. The third-order valence-electron chi connectivity index (χ3n) is 4.76. The molecule has 23 heavy (non-hydrogen) atoms. The molecule has 0 bridgehead atoms. The summed E-state index contributed by atoms with van der Waals surface area (Å²) in [4.78, 5) is 1.36. The summed E-state index contributed by atoms with van der Waals surface area (Å²) in [5.74, 6) is 1.92. The predicted molar refractivity (Wildman–Crippen MR) is 101 cm³/mol. The van der Waals surface area contributed by atoms with Gasteiger partial charge in [0, 0.05) is 23.2 Å². The Hall–Kier alpha value is -1.25. The first-order chi connectivity index (χ1) is 11.4. The van der Waals surface area contributed by atoms with Gasteiger partial charge in [0.2, 0.25) is 0 Å². The summed E-state index contributed by atoms with van der Waals surface area (Å²) in [5.41, 5.74) is 1.46. The second-order valence-corrected chi connectivity index (χ2v) is 7.57. The molecule has 0 aromatic heterocycles. The molecule has 0 radical (unpaired) electrons. The van der Waals surface area contributed by atoms with Gasteiger partial charge in [0.25, 0.3) is 0 Å². The van der Waals surface area contributed by atoms with Gasteiger partial charge in [0.05, 0.1) is 0 Å². The summed E-state index contributed by atoms with van der Waals surface area (Å²) < 4.78 is 0. The van der Waals surface area contributed by atoms with E-state index < -0.39 is 0 Å². The van der Waals surface area contributed by atoms with Crippen molar-refractivity contribution in [2.75, 3.05) is 12.3 Å². The number of benzene rings is 2. The Bertz CT molecular complexity index is 549. The molecule has 0 amide bonds. The lowest BCUT2D eigenvalue weighted by Gasteiger charge is -2.31. The van der Waals surface area contributed by atoms with Gasteiger partial charge in [0.15, 0.2) is 0 Å². The van der Waals surface area contributed by atoms with Crippen LogP contribution in [-0.2, 0) is 0 Å². The molecule has 1 atom stereocenters. The summed E-state index contributed by atoms with van der Waals surface area (Å²) in [6, 6.07) is 22.3. The third kappa shape index (κ3) is 5.12. The lowest BCUT2D eigenvalue weighted by molar-refractivity contribution is 0.275. The van der Waals surface area contributed by atoms with Gasteiger partial charge in [-0.15, -0.1) is 11.8 Å². The maximum Gasteiger partial charge on any atom is 0.0348 e. The Morgan fingerprint density at radius 1 is 0.870 bits per heavy atom. The summed E-state index contributed by atoms with van der Waals surface area (Å²) in [6.45, 7) is 1.07. The smallest absolute Gasteiger partial charge is 0.0348 e. The Balaban J connectivity index is 1.55. The van der Waals surface area contributed by atoms with Gasteiger partial charge in [-0.25, -0.2) is 0 Å². The largest absolute Gasteiger partial charge is 0.309 e. The maximum absolute atomic E-state index is 3.86. The van der Waals surface area contributed by atoms with Crippen molar-refractivity contribution in [1.29, 1.82) is 0 Å². The molecule has 0 aliphatic heterocycles.